The number of rotatable bonds is 4. The average molecular weight is 151 g/mol. The van der Waals surface area contributed by atoms with Gasteiger partial charge in [0.15, 0.2) is 0 Å². The van der Waals surface area contributed by atoms with Gasteiger partial charge in [0.25, 0.3) is 0 Å². The molecule has 0 spiro atoms. The first-order valence-electron chi connectivity index (χ1n) is 3.33. The lowest BCUT2D eigenvalue weighted by Crippen LogP contribution is -1.90. The molecule has 0 aliphatic carbocycles. The molecule has 0 aliphatic heterocycles. The molecule has 11 heavy (non-hydrogen) atoms. The lowest BCUT2D eigenvalue weighted by molar-refractivity contribution is 0.306. The molecule has 0 bridgehead atoms. The van der Waals surface area contributed by atoms with E-state index in [2.05, 4.69) is 6.58 Å². The zero-order valence-electron chi connectivity index (χ0n) is 6.92. The van der Waals surface area contributed by atoms with Crippen molar-refractivity contribution in [1.29, 1.82) is 5.41 Å². The standard InChI is InChI=1S/C9H13NO/c1-4-5-6-9(7-10)8(2)11-3/h4-7,10H,2H2,1,3H3/b5-4-,9-6-,10-7?. The molecule has 0 heterocycles. The van der Waals surface area contributed by atoms with Crippen LogP contribution in [0.3, 0.4) is 0 Å². The van der Waals surface area contributed by atoms with E-state index >= 15 is 0 Å². The maximum absolute atomic E-state index is 7.00. The van der Waals surface area contributed by atoms with E-state index in [1.807, 2.05) is 19.1 Å². The van der Waals surface area contributed by atoms with Crippen LogP contribution < -0.4 is 0 Å². The zero-order valence-corrected chi connectivity index (χ0v) is 6.92. The number of allylic oxidation sites excluding steroid dienone is 4. The van der Waals surface area contributed by atoms with Crippen LogP contribution in [0.1, 0.15) is 6.92 Å². The minimum atomic E-state index is 0.512. The summed E-state index contributed by atoms with van der Waals surface area (Å²) in [6, 6.07) is 0. The minimum Gasteiger partial charge on any atom is -0.497 e. The van der Waals surface area contributed by atoms with Crippen molar-refractivity contribution in [2.24, 2.45) is 0 Å². The van der Waals surface area contributed by atoms with Crippen molar-refractivity contribution >= 4 is 6.21 Å². The topological polar surface area (TPSA) is 33.1 Å². The summed E-state index contributed by atoms with van der Waals surface area (Å²) in [5.41, 5.74) is 0.686. The van der Waals surface area contributed by atoms with Gasteiger partial charge in [-0.3, -0.25) is 0 Å². The Morgan fingerprint density at radius 3 is 2.55 bits per heavy atom. The number of hydrogen-bond acceptors (Lipinski definition) is 2. The van der Waals surface area contributed by atoms with Gasteiger partial charge in [-0.15, -0.1) is 0 Å². The molecule has 0 rings (SSSR count). The van der Waals surface area contributed by atoms with Gasteiger partial charge in [-0.05, 0) is 6.92 Å². The Kier molecular flexibility index (Phi) is 4.82. The summed E-state index contributed by atoms with van der Waals surface area (Å²) in [6.07, 6.45) is 6.71. The van der Waals surface area contributed by atoms with Crippen molar-refractivity contribution in [2.75, 3.05) is 7.11 Å². The second-order valence-electron chi connectivity index (χ2n) is 1.92. The molecular weight excluding hydrogens is 138 g/mol. The van der Waals surface area contributed by atoms with Gasteiger partial charge >= 0.3 is 0 Å². The summed E-state index contributed by atoms with van der Waals surface area (Å²) >= 11 is 0. The predicted molar refractivity (Wildman–Crippen MR) is 47.8 cm³/mol. The SMILES string of the molecule is C=C(OC)/C(C=N)=C\C=C/C. The highest BCUT2D eigenvalue weighted by Crippen LogP contribution is 2.04. The Morgan fingerprint density at radius 2 is 2.18 bits per heavy atom. The first kappa shape index (κ1) is 9.69. The van der Waals surface area contributed by atoms with Crippen molar-refractivity contribution in [3.8, 4) is 0 Å². The second-order valence-corrected chi connectivity index (χ2v) is 1.92. The van der Waals surface area contributed by atoms with Crippen LogP contribution in [-0.4, -0.2) is 13.3 Å². The molecule has 2 heteroatoms. The maximum Gasteiger partial charge on any atom is 0.120 e. The molecule has 0 saturated carbocycles. The Morgan fingerprint density at radius 1 is 1.55 bits per heavy atom. The summed E-state index contributed by atoms with van der Waals surface area (Å²) in [7, 11) is 1.54. The highest BCUT2D eigenvalue weighted by molar-refractivity contribution is 5.81. The zero-order chi connectivity index (χ0) is 8.69. The monoisotopic (exact) mass is 151 g/mol. The van der Waals surface area contributed by atoms with Crippen LogP contribution in [0.5, 0.6) is 0 Å². The molecule has 0 aromatic heterocycles. The maximum atomic E-state index is 7.00. The van der Waals surface area contributed by atoms with E-state index in [4.69, 9.17) is 10.1 Å². The van der Waals surface area contributed by atoms with Crippen LogP contribution >= 0.6 is 0 Å². The Balaban J connectivity index is 4.38. The van der Waals surface area contributed by atoms with Crippen LogP contribution in [0, 0.1) is 5.41 Å². The lowest BCUT2D eigenvalue weighted by Gasteiger charge is -2.01. The summed E-state index contributed by atoms with van der Waals surface area (Å²) in [4.78, 5) is 0. The van der Waals surface area contributed by atoms with Crippen LogP contribution in [0.25, 0.3) is 0 Å². The van der Waals surface area contributed by atoms with Gasteiger partial charge in [0.2, 0.25) is 0 Å². The van der Waals surface area contributed by atoms with E-state index in [0.717, 1.165) is 0 Å². The summed E-state index contributed by atoms with van der Waals surface area (Å²) < 4.78 is 4.85. The lowest BCUT2D eigenvalue weighted by atomic mass is 10.2. The van der Waals surface area contributed by atoms with E-state index in [1.165, 1.54) is 13.3 Å². The molecule has 60 valence electrons. The Bertz CT molecular complexity index is 202. The van der Waals surface area contributed by atoms with Gasteiger partial charge in [-0.1, -0.05) is 24.8 Å². The van der Waals surface area contributed by atoms with Crippen molar-refractivity contribution < 1.29 is 4.74 Å². The molecule has 0 saturated heterocycles. The van der Waals surface area contributed by atoms with E-state index in [9.17, 15) is 0 Å². The van der Waals surface area contributed by atoms with Gasteiger partial charge < -0.3 is 10.1 Å². The highest BCUT2D eigenvalue weighted by atomic mass is 16.5. The highest BCUT2D eigenvalue weighted by Gasteiger charge is 1.95. The molecule has 0 atom stereocenters. The first-order valence-corrected chi connectivity index (χ1v) is 3.33. The Labute approximate surface area is 67.4 Å². The molecule has 2 nitrogen and oxygen atoms in total. The van der Waals surface area contributed by atoms with E-state index in [0.29, 0.717) is 11.3 Å². The third kappa shape index (κ3) is 3.40. The van der Waals surface area contributed by atoms with Crippen LogP contribution in [0.2, 0.25) is 0 Å². The quantitative estimate of drug-likeness (QED) is 0.373. The molecule has 0 aromatic rings. The summed E-state index contributed by atoms with van der Waals surface area (Å²) in [5.74, 6) is 0.512. The molecule has 0 fully saturated rings. The molecule has 1 N–H and O–H groups in total. The number of hydrogen-bond donors (Lipinski definition) is 1. The largest absolute Gasteiger partial charge is 0.497 e. The predicted octanol–water partition coefficient (Wildman–Crippen LogP) is 2.30. The van der Waals surface area contributed by atoms with Crippen LogP contribution in [0.15, 0.2) is 36.1 Å². The number of ether oxygens (including phenoxy) is 1. The fourth-order valence-corrected chi connectivity index (χ4v) is 0.539. The van der Waals surface area contributed by atoms with Crippen molar-refractivity contribution in [2.45, 2.75) is 6.92 Å². The van der Waals surface area contributed by atoms with E-state index in [-0.39, 0.29) is 0 Å². The van der Waals surface area contributed by atoms with Crippen molar-refractivity contribution in [1.82, 2.24) is 0 Å². The molecule has 0 radical (unpaired) electrons. The third-order valence-corrected chi connectivity index (χ3v) is 1.19. The van der Waals surface area contributed by atoms with Gasteiger partial charge in [-0.2, -0.15) is 0 Å². The van der Waals surface area contributed by atoms with Crippen LogP contribution in [0.4, 0.5) is 0 Å². The Hall–Kier alpha value is -1.31. The first-order chi connectivity index (χ1) is 5.26. The number of methoxy groups -OCH3 is 1. The minimum absolute atomic E-state index is 0.512. The second kappa shape index (κ2) is 5.47. The van der Waals surface area contributed by atoms with Gasteiger partial charge in [0.05, 0.1) is 7.11 Å². The average Bonchev–Trinajstić information content (AvgIpc) is 2.05. The van der Waals surface area contributed by atoms with Crippen molar-refractivity contribution in [3.63, 3.8) is 0 Å². The number of nitrogens with one attached hydrogen (secondary N) is 1. The van der Waals surface area contributed by atoms with Gasteiger partial charge in [-0.25, -0.2) is 0 Å². The normalized spacial score (nSPS) is 11.6. The fourth-order valence-electron chi connectivity index (χ4n) is 0.539. The summed E-state index contributed by atoms with van der Waals surface area (Å²) in [5, 5.41) is 7.00. The molecular formula is C9H13NO. The summed E-state index contributed by atoms with van der Waals surface area (Å²) in [6.45, 7) is 5.53. The molecule has 0 amide bonds. The third-order valence-electron chi connectivity index (χ3n) is 1.19. The fraction of sp³-hybridized carbons (Fsp3) is 0.222. The molecule has 0 unspecified atom stereocenters. The smallest absolute Gasteiger partial charge is 0.120 e. The molecule has 0 aromatic carbocycles. The van der Waals surface area contributed by atoms with E-state index in [1.54, 1.807) is 6.08 Å². The van der Waals surface area contributed by atoms with Crippen molar-refractivity contribution in [3.05, 3.63) is 36.1 Å². The molecule has 0 aliphatic rings. The van der Waals surface area contributed by atoms with E-state index < -0.39 is 0 Å². The van der Waals surface area contributed by atoms with Crippen LogP contribution in [-0.2, 0) is 4.74 Å². The van der Waals surface area contributed by atoms with Gasteiger partial charge in [0.1, 0.15) is 5.76 Å². The van der Waals surface area contributed by atoms with Gasteiger partial charge in [0, 0.05) is 11.8 Å².